The van der Waals surface area contributed by atoms with Gasteiger partial charge in [-0.1, -0.05) is 0 Å². The number of nitrogens with zero attached hydrogens (tertiary/aromatic N) is 1. The summed E-state index contributed by atoms with van der Waals surface area (Å²) in [5.41, 5.74) is 6.20. The second-order valence-electron chi connectivity index (χ2n) is 2.98. The van der Waals surface area contributed by atoms with Gasteiger partial charge in [0.05, 0.1) is 26.1 Å². The quantitative estimate of drug-likeness (QED) is 0.578. The van der Waals surface area contributed by atoms with Crippen LogP contribution in [-0.2, 0) is 19.1 Å². The van der Waals surface area contributed by atoms with Gasteiger partial charge in [-0.2, -0.15) is 0 Å². The number of anilines is 1. The second kappa shape index (κ2) is 5.11. The number of aromatic nitrogens is 1. The lowest BCUT2D eigenvalue weighted by Gasteiger charge is -2.13. The van der Waals surface area contributed by atoms with E-state index in [1.165, 1.54) is 32.7 Å². The minimum Gasteiger partial charge on any atom is -0.468 e. The van der Waals surface area contributed by atoms with Crippen molar-refractivity contribution >= 4 is 17.6 Å². The first kappa shape index (κ1) is 12.0. The zero-order valence-corrected chi connectivity index (χ0v) is 8.97. The highest BCUT2D eigenvalue weighted by Gasteiger charge is 2.32. The van der Waals surface area contributed by atoms with Gasteiger partial charge in [0.25, 0.3) is 0 Å². The number of methoxy groups -OCH3 is 2. The fourth-order valence-corrected chi connectivity index (χ4v) is 1.27. The topological polar surface area (TPSA) is 91.5 Å². The maximum atomic E-state index is 11.5. The predicted molar refractivity (Wildman–Crippen MR) is 55.4 cm³/mol. The Balaban J connectivity index is 3.16. The molecule has 0 aliphatic rings. The summed E-state index contributed by atoms with van der Waals surface area (Å²) in [6.07, 6.45) is 2.79. The average molecular weight is 224 g/mol. The van der Waals surface area contributed by atoms with Gasteiger partial charge in [-0.25, -0.2) is 0 Å². The number of ether oxygens (including phenoxy) is 2. The Morgan fingerprint density at radius 2 is 1.88 bits per heavy atom. The number of carbonyl (C=O) groups is 2. The Bertz CT molecular complexity index is 390. The molecule has 0 unspecified atom stereocenters. The molecule has 0 atom stereocenters. The molecule has 0 fully saturated rings. The lowest BCUT2D eigenvalue weighted by Crippen LogP contribution is -2.25. The molecule has 0 aliphatic carbocycles. The van der Waals surface area contributed by atoms with Crippen LogP contribution in [0.5, 0.6) is 0 Å². The molecule has 1 aromatic heterocycles. The molecule has 86 valence electrons. The summed E-state index contributed by atoms with van der Waals surface area (Å²) in [7, 11) is 2.38. The van der Waals surface area contributed by atoms with E-state index in [1.807, 2.05) is 0 Å². The van der Waals surface area contributed by atoms with Crippen molar-refractivity contribution in [2.24, 2.45) is 0 Å². The number of hydrogen-bond acceptors (Lipinski definition) is 6. The summed E-state index contributed by atoms with van der Waals surface area (Å²) >= 11 is 0. The molecule has 0 aliphatic heterocycles. The van der Waals surface area contributed by atoms with Crippen LogP contribution in [-0.4, -0.2) is 31.1 Å². The average Bonchev–Trinajstić information content (AvgIpc) is 2.31. The van der Waals surface area contributed by atoms with Crippen LogP contribution >= 0.6 is 0 Å². The molecule has 0 bridgehead atoms. The summed E-state index contributed by atoms with van der Waals surface area (Å²) in [5, 5.41) is 0. The Morgan fingerprint density at radius 1 is 1.31 bits per heavy atom. The smallest absolute Gasteiger partial charge is 0.324 e. The molecule has 16 heavy (non-hydrogen) atoms. The molecule has 1 aromatic rings. The molecule has 1 heterocycles. The maximum absolute atomic E-state index is 11.5. The van der Waals surface area contributed by atoms with Crippen LogP contribution in [0.2, 0.25) is 0 Å². The highest BCUT2D eigenvalue weighted by Crippen LogP contribution is 2.23. The maximum Gasteiger partial charge on any atom is 0.324 e. The molecule has 6 heteroatoms. The van der Waals surface area contributed by atoms with E-state index >= 15 is 0 Å². The van der Waals surface area contributed by atoms with Crippen LogP contribution in [0.3, 0.4) is 0 Å². The van der Waals surface area contributed by atoms with Gasteiger partial charge < -0.3 is 15.2 Å². The molecule has 6 nitrogen and oxygen atoms in total. The number of nitrogens with two attached hydrogens (primary N) is 1. The Labute approximate surface area is 92.4 Å². The van der Waals surface area contributed by atoms with E-state index < -0.39 is 17.9 Å². The number of hydrogen-bond donors (Lipinski definition) is 1. The second-order valence-corrected chi connectivity index (χ2v) is 2.98. The largest absolute Gasteiger partial charge is 0.468 e. The standard InChI is InChI=1S/C10H12N2O4/c1-15-9(13)8(10(14)16-2)6-3-4-12-5-7(6)11/h3-5,8H,11H2,1-2H3. The van der Waals surface area contributed by atoms with Gasteiger partial charge in [0, 0.05) is 11.8 Å². The number of nitrogen functional groups attached to an aromatic ring is 1. The molecule has 0 aromatic carbocycles. The third kappa shape index (κ3) is 2.28. The van der Waals surface area contributed by atoms with E-state index in [1.54, 1.807) is 0 Å². The first-order valence-corrected chi connectivity index (χ1v) is 4.46. The first-order chi connectivity index (χ1) is 7.61. The summed E-state index contributed by atoms with van der Waals surface area (Å²) in [6, 6.07) is 1.48. The zero-order chi connectivity index (χ0) is 12.1. The van der Waals surface area contributed by atoms with E-state index in [9.17, 15) is 9.59 Å². The fraction of sp³-hybridized carbons (Fsp3) is 0.300. The summed E-state index contributed by atoms with van der Waals surface area (Å²) in [4.78, 5) is 26.7. The van der Waals surface area contributed by atoms with Crippen molar-refractivity contribution in [3.8, 4) is 0 Å². The zero-order valence-electron chi connectivity index (χ0n) is 8.97. The van der Waals surface area contributed by atoms with Crippen LogP contribution in [0.1, 0.15) is 11.5 Å². The summed E-state index contributed by atoms with van der Waals surface area (Å²) in [6.45, 7) is 0. The molecule has 0 spiro atoms. The number of rotatable bonds is 3. The number of esters is 2. The third-order valence-corrected chi connectivity index (χ3v) is 2.07. The highest BCUT2D eigenvalue weighted by molar-refractivity contribution is 6.01. The molecule has 2 N–H and O–H groups in total. The van der Waals surface area contributed by atoms with Gasteiger partial charge in [-0.3, -0.25) is 14.6 Å². The van der Waals surface area contributed by atoms with Gasteiger partial charge in [-0.05, 0) is 6.07 Å². The molecular formula is C10H12N2O4. The van der Waals surface area contributed by atoms with Crippen LogP contribution in [0.25, 0.3) is 0 Å². The molecule has 0 saturated heterocycles. The minimum absolute atomic E-state index is 0.239. The first-order valence-electron chi connectivity index (χ1n) is 4.46. The van der Waals surface area contributed by atoms with E-state index in [0.29, 0.717) is 5.56 Å². The van der Waals surface area contributed by atoms with Crippen LogP contribution in [0.4, 0.5) is 5.69 Å². The summed E-state index contributed by atoms with van der Waals surface area (Å²) in [5.74, 6) is -2.60. The van der Waals surface area contributed by atoms with E-state index in [0.717, 1.165) is 0 Å². The molecule has 1 rings (SSSR count). The predicted octanol–water partition coefficient (Wildman–Crippen LogP) is 0.0934. The van der Waals surface area contributed by atoms with Crippen molar-refractivity contribution in [1.82, 2.24) is 4.98 Å². The Kier molecular flexibility index (Phi) is 3.82. The van der Waals surface area contributed by atoms with Gasteiger partial charge in [0.2, 0.25) is 0 Å². The minimum atomic E-state index is -1.17. The van der Waals surface area contributed by atoms with Crippen molar-refractivity contribution in [3.63, 3.8) is 0 Å². The van der Waals surface area contributed by atoms with Gasteiger partial charge in [-0.15, -0.1) is 0 Å². The van der Waals surface area contributed by atoms with Crippen molar-refractivity contribution in [1.29, 1.82) is 0 Å². The molecule has 0 radical (unpaired) electrons. The highest BCUT2D eigenvalue weighted by atomic mass is 16.5. The van der Waals surface area contributed by atoms with Crippen molar-refractivity contribution in [3.05, 3.63) is 24.0 Å². The third-order valence-electron chi connectivity index (χ3n) is 2.07. The number of pyridine rings is 1. The van der Waals surface area contributed by atoms with E-state index in [-0.39, 0.29) is 5.69 Å². The van der Waals surface area contributed by atoms with Crippen LogP contribution < -0.4 is 5.73 Å². The van der Waals surface area contributed by atoms with Gasteiger partial charge >= 0.3 is 11.9 Å². The van der Waals surface area contributed by atoms with E-state index in [4.69, 9.17) is 5.73 Å². The lowest BCUT2D eigenvalue weighted by molar-refractivity contribution is -0.154. The Hall–Kier alpha value is -2.11. The van der Waals surface area contributed by atoms with Gasteiger partial charge in [0.1, 0.15) is 0 Å². The molecular weight excluding hydrogens is 212 g/mol. The molecule has 0 amide bonds. The monoisotopic (exact) mass is 224 g/mol. The van der Waals surface area contributed by atoms with Crippen LogP contribution in [0.15, 0.2) is 18.5 Å². The van der Waals surface area contributed by atoms with E-state index in [2.05, 4.69) is 14.5 Å². The van der Waals surface area contributed by atoms with Crippen molar-refractivity contribution in [2.75, 3.05) is 20.0 Å². The lowest BCUT2D eigenvalue weighted by atomic mass is 9.99. The summed E-state index contributed by atoms with van der Waals surface area (Å²) < 4.78 is 9.06. The molecule has 0 saturated carbocycles. The van der Waals surface area contributed by atoms with Crippen molar-refractivity contribution < 1.29 is 19.1 Å². The fourth-order valence-electron chi connectivity index (χ4n) is 1.27. The normalized spacial score (nSPS) is 9.94. The number of carbonyl (C=O) groups excluding carboxylic acids is 2. The SMILES string of the molecule is COC(=O)C(C(=O)OC)c1ccncc1N. The van der Waals surface area contributed by atoms with Crippen LogP contribution in [0, 0.1) is 0 Å². The Morgan fingerprint density at radius 3 is 2.31 bits per heavy atom. The van der Waals surface area contributed by atoms with Crippen molar-refractivity contribution in [2.45, 2.75) is 5.92 Å². The van der Waals surface area contributed by atoms with Gasteiger partial charge in [0.15, 0.2) is 5.92 Å².